The van der Waals surface area contributed by atoms with Crippen LogP contribution in [0, 0.1) is 19.7 Å². The van der Waals surface area contributed by atoms with Gasteiger partial charge in [-0.1, -0.05) is 6.07 Å². The lowest BCUT2D eigenvalue weighted by molar-refractivity contribution is 0.619. The monoisotopic (exact) mass is 371 g/mol. The lowest BCUT2D eigenvalue weighted by Gasteiger charge is -2.11. The number of benzene rings is 2. The van der Waals surface area contributed by atoms with Crippen molar-refractivity contribution in [2.24, 2.45) is 0 Å². The van der Waals surface area contributed by atoms with Gasteiger partial charge in [0.1, 0.15) is 11.5 Å². The van der Waals surface area contributed by atoms with Crippen molar-refractivity contribution in [2.45, 2.75) is 13.8 Å². The van der Waals surface area contributed by atoms with E-state index in [9.17, 15) is 4.39 Å². The quantitative estimate of drug-likeness (QED) is 0.433. The first kappa shape index (κ1) is 16.5. The molecule has 0 aliphatic heterocycles. The topological polar surface area (TPSA) is 72.5 Å². The third-order valence-corrected chi connectivity index (χ3v) is 5.26. The molecule has 28 heavy (non-hydrogen) atoms. The first-order valence-electron chi connectivity index (χ1n) is 9.00. The first-order chi connectivity index (χ1) is 13.6. The predicted molar refractivity (Wildman–Crippen MR) is 110 cm³/mol. The number of nitrogens with two attached hydrogens (primary N) is 1. The first-order valence-corrected chi connectivity index (χ1v) is 9.00. The second-order valence-corrected chi connectivity index (χ2v) is 6.97. The van der Waals surface area contributed by atoms with E-state index in [1.165, 1.54) is 6.07 Å². The van der Waals surface area contributed by atoms with Crippen LogP contribution >= 0.6 is 0 Å². The molecule has 0 aliphatic rings. The molecule has 0 aliphatic carbocycles. The molecule has 0 saturated carbocycles. The summed E-state index contributed by atoms with van der Waals surface area (Å²) in [4.78, 5) is 4.57. The van der Waals surface area contributed by atoms with Gasteiger partial charge in [-0.15, -0.1) is 0 Å². The maximum absolute atomic E-state index is 14.8. The van der Waals surface area contributed by atoms with E-state index in [0.717, 1.165) is 38.7 Å². The average molecular weight is 371 g/mol. The van der Waals surface area contributed by atoms with E-state index in [1.807, 2.05) is 35.9 Å². The molecule has 3 N–H and O–H groups in total. The Kier molecular flexibility index (Phi) is 3.49. The van der Waals surface area contributed by atoms with Crippen molar-refractivity contribution in [1.82, 2.24) is 19.7 Å². The van der Waals surface area contributed by atoms with E-state index < -0.39 is 0 Å². The van der Waals surface area contributed by atoms with Crippen LogP contribution in [0.2, 0.25) is 0 Å². The van der Waals surface area contributed by atoms with Gasteiger partial charge in [-0.05, 0) is 61.4 Å². The van der Waals surface area contributed by atoms with Crippen LogP contribution in [0.5, 0.6) is 0 Å². The smallest absolute Gasteiger partial charge is 0.149 e. The number of aromatic nitrogens is 4. The summed E-state index contributed by atoms with van der Waals surface area (Å²) in [5.41, 5.74) is 12.4. The Labute approximate surface area is 160 Å². The second kappa shape index (κ2) is 5.92. The minimum Gasteiger partial charge on any atom is -0.399 e. The molecular formula is C22H18FN5. The molecule has 0 saturated heterocycles. The third-order valence-electron chi connectivity index (χ3n) is 5.26. The van der Waals surface area contributed by atoms with Gasteiger partial charge in [0.15, 0.2) is 0 Å². The van der Waals surface area contributed by atoms with Crippen LogP contribution in [0.1, 0.15) is 11.3 Å². The molecule has 0 bridgehead atoms. The maximum Gasteiger partial charge on any atom is 0.149 e. The van der Waals surface area contributed by atoms with E-state index in [2.05, 4.69) is 28.2 Å². The Hall–Kier alpha value is -3.67. The number of pyridine rings is 1. The van der Waals surface area contributed by atoms with Crippen LogP contribution < -0.4 is 5.73 Å². The number of hydrogen-bond acceptors (Lipinski definition) is 3. The highest BCUT2D eigenvalue weighted by Crippen LogP contribution is 2.40. The minimum atomic E-state index is -0.379. The van der Waals surface area contributed by atoms with Crippen molar-refractivity contribution < 1.29 is 4.39 Å². The fourth-order valence-corrected chi connectivity index (χ4v) is 4.01. The van der Waals surface area contributed by atoms with E-state index >= 15 is 0 Å². The SMILES string of the molecule is Cc1ccc2[nH]ncc2c1-c1c(C)n(-c2ccc(N)cc2F)c2ncccc12. The highest BCUT2D eigenvalue weighted by atomic mass is 19.1. The molecule has 3 heterocycles. The van der Waals surface area contributed by atoms with Crippen LogP contribution in [0.25, 0.3) is 38.8 Å². The van der Waals surface area contributed by atoms with E-state index in [1.54, 1.807) is 18.3 Å². The van der Waals surface area contributed by atoms with Gasteiger partial charge < -0.3 is 5.73 Å². The number of hydrogen-bond donors (Lipinski definition) is 2. The Morgan fingerprint density at radius 1 is 1.04 bits per heavy atom. The van der Waals surface area contributed by atoms with Gasteiger partial charge in [-0.3, -0.25) is 9.67 Å². The molecule has 0 fully saturated rings. The number of nitrogens with zero attached hydrogens (tertiary/aromatic N) is 3. The van der Waals surface area contributed by atoms with E-state index in [4.69, 9.17) is 5.73 Å². The van der Waals surface area contributed by atoms with Crippen LogP contribution in [-0.4, -0.2) is 19.7 Å². The Balaban J connectivity index is 1.93. The van der Waals surface area contributed by atoms with Gasteiger partial charge in [-0.25, -0.2) is 9.37 Å². The molecule has 5 rings (SSSR count). The number of fused-ring (bicyclic) bond motifs is 2. The second-order valence-electron chi connectivity index (χ2n) is 6.97. The number of anilines is 1. The van der Waals surface area contributed by atoms with Gasteiger partial charge in [-0.2, -0.15) is 5.10 Å². The summed E-state index contributed by atoms with van der Waals surface area (Å²) in [7, 11) is 0. The Bertz CT molecular complexity index is 1360. The number of aryl methyl sites for hydroxylation is 1. The summed E-state index contributed by atoms with van der Waals surface area (Å²) in [5, 5.41) is 9.23. The number of aromatic amines is 1. The number of halogens is 1. The third kappa shape index (κ3) is 2.24. The van der Waals surface area contributed by atoms with E-state index in [0.29, 0.717) is 17.0 Å². The fraction of sp³-hybridized carbons (Fsp3) is 0.0909. The zero-order valence-corrected chi connectivity index (χ0v) is 15.5. The van der Waals surface area contributed by atoms with Crippen LogP contribution in [0.15, 0.2) is 54.9 Å². The molecule has 0 atom stereocenters. The van der Waals surface area contributed by atoms with Gasteiger partial charge in [0.05, 0.1) is 17.4 Å². The van der Waals surface area contributed by atoms with Crippen molar-refractivity contribution in [3.05, 3.63) is 71.9 Å². The van der Waals surface area contributed by atoms with E-state index in [-0.39, 0.29) is 5.82 Å². The summed E-state index contributed by atoms with van der Waals surface area (Å²) in [6.45, 7) is 4.07. The average Bonchev–Trinajstić information content (AvgIpc) is 3.25. The lowest BCUT2D eigenvalue weighted by atomic mass is 9.95. The largest absolute Gasteiger partial charge is 0.399 e. The fourth-order valence-electron chi connectivity index (χ4n) is 4.01. The van der Waals surface area contributed by atoms with Crippen molar-refractivity contribution in [2.75, 3.05) is 5.73 Å². The predicted octanol–water partition coefficient (Wildman–Crippen LogP) is 4.91. The molecule has 0 radical (unpaired) electrons. The molecule has 5 aromatic rings. The summed E-state index contributed by atoms with van der Waals surface area (Å²) in [6, 6.07) is 12.8. The standard InChI is InChI=1S/C22H18FN5/c1-12-5-7-18-16(11-26-27-18)20(12)21-13(2)28(22-15(21)4-3-9-25-22)19-8-6-14(24)10-17(19)23/h3-11H,24H2,1-2H3,(H,26,27). The zero-order chi connectivity index (χ0) is 19.4. The molecule has 5 nitrogen and oxygen atoms in total. The highest BCUT2D eigenvalue weighted by molar-refractivity contribution is 6.06. The van der Waals surface area contributed by atoms with Crippen LogP contribution in [0.4, 0.5) is 10.1 Å². The van der Waals surface area contributed by atoms with Gasteiger partial charge in [0.25, 0.3) is 0 Å². The maximum atomic E-state index is 14.8. The minimum absolute atomic E-state index is 0.379. The Morgan fingerprint density at radius 3 is 2.71 bits per heavy atom. The summed E-state index contributed by atoms with van der Waals surface area (Å²) < 4.78 is 16.7. The molecule has 6 heteroatoms. The normalized spacial score (nSPS) is 11.5. The molecule has 0 unspecified atom stereocenters. The summed E-state index contributed by atoms with van der Waals surface area (Å²) >= 11 is 0. The molecular weight excluding hydrogens is 353 g/mol. The number of nitrogens with one attached hydrogen (secondary N) is 1. The summed E-state index contributed by atoms with van der Waals surface area (Å²) in [6.07, 6.45) is 3.56. The highest BCUT2D eigenvalue weighted by Gasteiger charge is 2.22. The number of nitrogen functional groups attached to an aromatic ring is 1. The van der Waals surface area contributed by atoms with Crippen LogP contribution in [-0.2, 0) is 0 Å². The zero-order valence-electron chi connectivity index (χ0n) is 15.5. The van der Waals surface area contributed by atoms with Gasteiger partial charge in [0.2, 0.25) is 0 Å². The lowest BCUT2D eigenvalue weighted by Crippen LogP contribution is -2.02. The summed E-state index contributed by atoms with van der Waals surface area (Å²) in [5.74, 6) is -0.379. The van der Waals surface area contributed by atoms with Gasteiger partial charge >= 0.3 is 0 Å². The molecule has 3 aromatic heterocycles. The molecule has 2 aromatic carbocycles. The van der Waals surface area contributed by atoms with Crippen LogP contribution in [0.3, 0.4) is 0 Å². The van der Waals surface area contributed by atoms with Crippen molar-refractivity contribution in [1.29, 1.82) is 0 Å². The molecule has 138 valence electrons. The van der Waals surface area contributed by atoms with Crippen molar-refractivity contribution in [3.8, 4) is 16.8 Å². The van der Waals surface area contributed by atoms with Gasteiger partial charge in [0, 0.05) is 33.9 Å². The Morgan fingerprint density at radius 2 is 1.89 bits per heavy atom. The number of rotatable bonds is 2. The number of H-pyrrole nitrogens is 1. The molecule has 0 amide bonds. The molecule has 0 spiro atoms. The van der Waals surface area contributed by atoms with Crippen molar-refractivity contribution >= 4 is 27.6 Å². The van der Waals surface area contributed by atoms with Crippen molar-refractivity contribution in [3.63, 3.8) is 0 Å².